The van der Waals surface area contributed by atoms with Crippen molar-refractivity contribution < 1.29 is 13.2 Å². The summed E-state index contributed by atoms with van der Waals surface area (Å²) in [5.74, 6) is 0.806. The number of benzene rings is 2. The van der Waals surface area contributed by atoms with E-state index in [-0.39, 0.29) is 16.0 Å². The molecule has 158 valence electrons. The molecule has 1 heterocycles. The summed E-state index contributed by atoms with van der Waals surface area (Å²) in [7, 11) is -3.81. The number of nitrogens with zero attached hydrogens (tertiary/aromatic N) is 2. The van der Waals surface area contributed by atoms with Crippen molar-refractivity contribution >= 4 is 67.4 Å². The molecule has 0 saturated carbocycles. The van der Waals surface area contributed by atoms with Gasteiger partial charge in [0.15, 0.2) is 0 Å². The summed E-state index contributed by atoms with van der Waals surface area (Å²) in [6, 6.07) is 13.8. The maximum Gasteiger partial charge on any atom is 0.269 e. The molecule has 0 bridgehead atoms. The number of halogens is 2. The van der Waals surface area contributed by atoms with Crippen LogP contribution in [-0.2, 0) is 15.8 Å². The Morgan fingerprint density at radius 2 is 1.80 bits per heavy atom. The highest BCUT2D eigenvalue weighted by atomic mass is 35.5. The fourth-order valence-electron chi connectivity index (χ4n) is 2.25. The highest BCUT2D eigenvalue weighted by Gasteiger charge is 2.20. The first-order valence-corrected chi connectivity index (χ1v) is 12.8. The Balaban J connectivity index is 1.49. The van der Waals surface area contributed by atoms with Gasteiger partial charge in [0.1, 0.15) is 0 Å². The predicted octanol–water partition coefficient (Wildman–Crippen LogP) is 4.31. The first-order chi connectivity index (χ1) is 14.3. The number of sulfonamides is 1. The Morgan fingerprint density at radius 3 is 2.53 bits per heavy atom. The van der Waals surface area contributed by atoms with E-state index in [1.54, 1.807) is 36.0 Å². The van der Waals surface area contributed by atoms with Gasteiger partial charge in [-0.15, -0.1) is 10.2 Å². The van der Waals surface area contributed by atoms with E-state index in [4.69, 9.17) is 23.2 Å². The lowest BCUT2D eigenvalue weighted by Gasteiger charge is -2.05. The van der Waals surface area contributed by atoms with Crippen LogP contribution in [0.15, 0.2) is 52.9 Å². The molecular weight excluding hydrogens is 487 g/mol. The number of aromatic nitrogens is 2. The van der Waals surface area contributed by atoms with Crippen LogP contribution < -0.4 is 10.0 Å². The molecule has 3 aromatic rings. The van der Waals surface area contributed by atoms with Crippen molar-refractivity contribution in [1.82, 2.24) is 14.9 Å². The quantitative estimate of drug-likeness (QED) is 0.334. The van der Waals surface area contributed by atoms with Gasteiger partial charge in [-0.25, -0.2) is 13.1 Å². The number of hydrogen-bond donors (Lipinski definition) is 2. The minimum atomic E-state index is -3.81. The Kier molecular flexibility index (Phi) is 8.09. The van der Waals surface area contributed by atoms with Gasteiger partial charge < -0.3 is 0 Å². The summed E-state index contributed by atoms with van der Waals surface area (Å²) in [6.45, 7) is 0.226. The van der Waals surface area contributed by atoms with Crippen molar-refractivity contribution in [3.05, 3.63) is 69.7 Å². The molecule has 0 aliphatic carbocycles. The summed E-state index contributed by atoms with van der Waals surface area (Å²) in [4.78, 5) is 12.2. The maximum absolute atomic E-state index is 12.4. The first kappa shape index (κ1) is 23.0. The molecule has 2 aromatic carbocycles. The second kappa shape index (κ2) is 10.6. The lowest BCUT2D eigenvalue weighted by atomic mass is 10.2. The molecule has 0 atom stereocenters. The van der Waals surface area contributed by atoms with E-state index in [1.807, 2.05) is 24.3 Å². The van der Waals surface area contributed by atoms with Crippen molar-refractivity contribution in [3.8, 4) is 0 Å². The zero-order valence-electron chi connectivity index (χ0n) is 15.3. The number of carbonyl (C=O) groups is 1. The van der Waals surface area contributed by atoms with Crippen LogP contribution in [0.25, 0.3) is 0 Å². The molecule has 0 spiro atoms. The fourth-order valence-corrected chi connectivity index (χ4v) is 5.61. The summed E-state index contributed by atoms with van der Waals surface area (Å²) >= 11 is 14.2. The molecule has 1 amide bonds. The molecular formula is C18H16Cl2N4O3S3. The minimum absolute atomic E-state index is 0.0865. The highest BCUT2D eigenvalue weighted by molar-refractivity contribution is 7.98. The van der Waals surface area contributed by atoms with Gasteiger partial charge >= 0.3 is 0 Å². The van der Waals surface area contributed by atoms with E-state index in [2.05, 4.69) is 20.2 Å². The number of rotatable bonds is 9. The maximum atomic E-state index is 12.4. The molecule has 0 radical (unpaired) electrons. The van der Waals surface area contributed by atoms with Crippen molar-refractivity contribution in [2.45, 2.75) is 10.1 Å². The third-order valence-corrected chi connectivity index (χ3v) is 8.01. The van der Waals surface area contributed by atoms with E-state index >= 15 is 0 Å². The van der Waals surface area contributed by atoms with Crippen molar-refractivity contribution in [1.29, 1.82) is 0 Å². The Bertz CT molecular complexity index is 1120. The monoisotopic (exact) mass is 502 g/mol. The number of carbonyl (C=O) groups excluding carboxylic acids is 1. The van der Waals surface area contributed by atoms with Gasteiger partial charge in [0.2, 0.25) is 9.47 Å². The highest BCUT2D eigenvalue weighted by Crippen LogP contribution is 2.22. The molecule has 0 aliphatic heterocycles. The van der Waals surface area contributed by atoms with E-state index in [0.29, 0.717) is 27.1 Å². The van der Waals surface area contributed by atoms with E-state index in [1.165, 1.54) is 0 Å². The number of thioether (sulfide) groups is 1. The largest absolute Gasteiger partial charge is 0.296 e. The average Bonchev–Trinajstić information content (AvgIpc) is 3.19. The number of amides is 1. The van der Waals surface area contributed by atoms with Crippen LogP contribution in [0.1, 0.15) is 15.9 Å². The Morgan fingerprint density at radius 1 is 1.07 bits per heavy atom. The standard InChI is InChI=1S/C18H16Cl2N4O3S3/c19-14-7-5-12(6-8-14)16(25)22-17-23-24-18(29-17)30(26,27)21-9-10-28-11-13-3-1-2-4-15(13)20/h1-8,21H,9-11H2,(H,22,23,25). The SMILES string of the molecule is O=C(Nc1nnc(S(=O)(=O)NCCSCc2ccccc2Cl)s1)c1ccc(Cl)cc1. The normalized spacial score (nSPS) is 11.4. The van der Waals surface area contributed by atoms with Gasteiger partial charge in [0, 0.05) is 33.7 Å². The van der Waals surface area contributed by atoms with Crippen LogP contribution in [0.3, 0.4) is 0 Å². The predicted molar refractivity (Wildman–Crippen MR) is 122 cm³/mol. The van der Waals surface area contributed by atoms with Crippen molar-refractivity contribution in [2.24, 2.45) is 0 Å². The van der Waals surface area contributed by atoms with Crippen LogP contribution in [0, 0.1) is 0 Å². The molecule has 2 N–H and O–H groups in total. The van der Waals surface area contributed by atoms with Gasteiger partial charge in [0.25, 0.3) is 15.9 Å². The lowest BCUT2D eigenvalue weighted by molar-refractivity contribution is 0.102. The van der Waals surface area contributed by atoms with Gasteiger partial charge in [-0.2, -0.15) is 11.8 Å². The fraction of sp³-hybridized carbons (Fsp3) is 0.167. The minimum Gasteiger partial charge on any atom is -0.296 e. The first-order valence-electron chi connectivity index (χ1n) is 8.56. The Hall–Kier alpha value is -1.69. The van der Waals surface area contributed by atoms with E-state index < -0.39 is 15.9 Å². The average molecular weight is 503 g/mol. The third kappa shape index (κ3) is 6.40. The lowest BCUT2D eigenvalue weighted by Crippen LogP contribution is -2.26. The van der Waals surface area contributed by atoms with Gasteiger partial charge in [0.05, 0.1) is 0 Å². The van der Waals surface area contributed by atoms with E-state index in [9.17, 15) is 13.2 Å². The number of anilines is 1. The topological polar surface area (TPSA) is 101 Å². The van der Waals surface area contributed by atoms with Crippen LogP contribution >= 0.6 is 46.3 Å². The van der Waals surface area contributed by atoms with Crippen LogP contribution in [0.5, 0.6) is 0 Å². The zero-order valence-corrected chi connectivity index (χ0v) is 19.3. The molecule has 0 unspecified atom stereocenters. The van der Waals surface area contributed by atoms with Crippen LogP contribution in [-0.4, -0.2) is 36.8 Å². The van der Waals surface area contributed by atoms with Crippen LogP contribution in [0.2, 0.25) is 10.0 Å². The molecule has 3 rings (SSSR count). The zero-order chi connectivity index (χ0) is 21.6. The van der Waals surface area contributed by atoms with E-state index in [0.717, 1.165) is 16.9 Å². The van der Waals surface area contributed by atoms with Gasteiger partial charge in [-0.05, 0) is 35.9 Å². The Labute approximate surface area is 192 Å². The summed E-state index contributed by atoms with van der Waals surface area (Å²) in [5, 5.41) is 11.2. The second-order valence-electron chi connectivity index (χ2n) is 5.88. The molecule has 7 nitrogen and oxygen atoms in total. The second-order valence-corrected chi connectivity index (χ2v) is 10.7. The smallest absolute Gasteiger partial charge is 0.269 e. The van der Waals surface area contributed by atoms with Crippen molar-refractivity contribution in [2.75, 3.05) is 17.6 Å². The molecule has 1 aromatic heterocycles. The summed E-state index contributed by atoms with van der Waals surface area (Å²) in [6.07, 6.45) is 0. The third-order valence-electron chi connectivity index (χ3n) is 3.72. The number of nitrogens with one attached hydrogen (secondary N) is 2. The van der Waals surface area contributed by atoms with Gasteiger partial charge in [-0.1, -0.05) is 52.7 Å². The molecule has 0 aliphatic rings. The summed E-state index contributed by atoms with van der Waals surface area (Å²) < 4.78 is 27.0. The van der Waals surface area contributed by atoms with Crippen molar-refractivity contribution in [3.63, 3.8) is 0 Å². The molecule has 0 saturated heterocycles. The molecule has 12 heteroatoms. The summed E-state index contributed by atoms with van der Waals surface area (Å²) in [5.41, 5.74) is 1.37. The molecule has 0 fully saturated rings. The van der Waals surface area contributed by atoms with Crippen LogP contribution in [0.4, 0.5) is 5.13 Å². The molecule has 30 heavy (non-hydrogen) atoms. The van der Waals surface area contributed by atoms with Gasteiger partial charge in [-0.3, -0.25) is 10.1 Å². The number of hydrogen-bond acceptors (Lipinski definition) is 7.